The van der Waals surface area contributed by atoms with Crippen molar-refractivity contribution < 1.29 is 27.5 Å². The third-order valence-corrected chi connectivity index (χ3v) is 7.46. The van der Waals surface area contributed by atoms with E-state index in [0.717, 1.165) is 54.3 Å². The molecule has 9 nitrogen and oxygen atoms in total. The molecule has 2 atom stereocenters. The van der Waals surface area contributed by atoms with E-state index in [1.807, 2.05) is 19.1 Å². The highest BCUT2D eigenvalue weighted by Gasteiger charge is 2.26. The van der Waals surface area contributed by atoms with Crippen LogP contribution in [-0.2, 0) is 14.8 Å². The first-order valence-electron chi connectivity index (χ1n) is 13.2. The lowest BCUT2D eigenvalue weighted by atomic mass is 9.91. The summed E-state index contributed by atoms with van der Waals surface area (Å²) in [5.41, 5.74) is 3.40. The molecule has 0 bridgehead atoms. The Balaban J connectivity index is 1.89. The van der Waals surface area contributed by atoms with Gasteiger partial charge in [-0.3, -0.25) is 14.3 Å². The standard InChI is InChI=1S/C29H39N3O6S/c1-6-7-8-9-19(2)27(28-20(3)24-18-23(31-39(5,36)37)14-15-25(24)38-28)30-22-12-10-21(11-13-22)29(35)32(4)17-16-26(33)34/h10-15,18-19,27,30-31H,6-9,16-17H2,1-5H3,(H,33,34). The molecule has 0 aliphatic carbocycles. The van der Waals surface area contributed by atoms with E-state index in [-0.39, 0.29) is 30.8 Å². The maximum atomic E-state index is 12.7. The van der Waals surface area contributed by atoms with E-state index in [1.165, 1.54) is 4.90 Å². The smallest absolute Gasteiger partial charge is 0.305 e. The molecule has 3 aromatic rings. The van der Waals surface area contributed by atoms with Gasteiger partial charge in [0.15, 0.2) is 0 Å². The van der Waals surface area contributed by atoms with Crippen molar-refractivity contribution in [2.75, 3.05) is 29.9 Å². The summed E-state index contributed by atoms with van der Waals surface area (Å²) in [6.45, 7) is 6.48. The van der Waals surface area contributed by atoms with Crippen molar-refractivity contribution in [2.45, 2.75) is 58.9 Å². The quantitative estimate of drug-likeness (QED) is 0.206. The SMILES string of the molecule is CCCCCC(C)C(Nc1ccc(C(=O)N(C)CCC(=O)O)cc1)c1oc2ccc(NS(C)(=O)=O)cc2c1C. The molecule has 0 radical (unpaired) electrons. The maximum Gasteiger partial charge on any atom is 0.305 e. The van der Waals surface area contributed by atoms with Crippen LogP contribution in [0, 0.1) is 12.8 Å². The van der Waals surface area contributed by atoms with Crippen LogP contribution in [0.2, 0.25) is 0 Å². The number of hydrogen-bond acceptors (Lipinski definition) is 6. The molecule has 1 amide bonds. The Morgan fingerprint density at radius 3 is 2.36 bits per heavy atom. The molecule has 0 saturated carbocycles. The van der Waals surface area contributed by atoms with Crippen LogP contribution in [0.1, 0.15) is 73.7 Å². The summed E-state index contributed by atoms with van der Waals surface area (Å²) in [6, 6.07) is 12.3. The number of anilines is 2. The number of carbonyl (C=O) groups is 2. The normalized spacial score (nSPS) is 13.2. The van der Waals surface area contributed by atoms with Gasteiger partial charge in [0.05, 0.1) is 18.7 Å². The number of fused-ring (bicyclic) bond motifs is 1. The van der Waals surface area contributed by atoms with Gasteiger partial charge in [0.2, 0.25) is 10.0 Å². The zero-order valence-electron chi connectivity index (χ0n) is 23.3. The largest absolute Gasteiger partial charge is 0.481 e. The lowest BCUT2D eigenvalue weighted by molar-refractivity contribution is -0.137. The molecule has 0 aliphatic rings. The van der Waals surface area contributed by atoms with Gasteiger partial charge in [0.25, 0.3) is 5.91 Å². The number of nitrogens with zero attached hydrogens (tertiary/aromatic N) is 1. The highest BCUT2D eigenvalue weighted by molar-refractivity contribution is 7.92. The van der Waals surface area contributed by atoms with Crippen molar-refractivity contribution >= 4 is 44.2 Å². The number of amides is 1. The molecule has 0 fully saturated rings. The van der Waals surface area contributed by atoms with E-state index in [4.69, 9.17) is 9.52 Å². The number of benzene rings is 2. The predicted molar refractivity (Wildman–Crippen MR) is 155 cm³/mol. The Bertz CT molecular complexity index is 1400. The number of carboxylic acids is 1. The fourth-order valence-electron chi connectivity index (χ4n) is 4.64. The second-order valence-corrected chi connectivity index (χ2v) is 12.0. The van der Waals surface area contributed by atoms with Crippen molar-refractivity contribution in [3.8, 4) is 0 Å². The molecule has 1 heterocycles. The lowest BCUT2D eigenvalue weighted by Gasteiger charge is -2.25. The van der Waals surface area contributed by atoms with Gasteiger partial charge in [-0.2, -0.15) is 0 Å². The minimum absolute atomic E-state index is 0.109. The van der Waals surface area contributed by atoms with Gasteiger partial charge in [-0.1, -0.05) is 33.1 Å². The Hall–Kier alpha value is -3.53. The molecule has 39 heavy (non-hydrogen) atoms. The van der Waals surface area contributed by atoms with Crippen molar-refractivity contribution in [2.24, 2.45) is 5.92 Å². The number of nitrogens with one attached hydrogen (secondary N) is 2. The fourth-order valence-corrected chi connectivity index (χ4v) is 5.19. The molecule has 3 N–H and O–H groups in total. The van der Waals surface area contributed by atoms with E-state index in [0.29, 0.717) is 16.8 Å². The number of rotatable bonds is 14. The van der Waals surface area contributed by atoms with E-state index in [9.17, 15) is 18.0 Å². The number of furan rings is 1. The molecule has 3 rings (SSSR count). The molecule has 0 saturated heterocycles. The summed E-state index contributed by atoms with van der Waals surface area (Å²) in [7, 11) is -1.81. The average molecular weight is 558 g/mol. The first-order valence-corrected chi connectivity index (χ1v) is 15.1. The summed E-state index contributed by atoms with van der Waals surface area (Å²) in [4.78, 5) is 24.9. The van der Waals surface area contributed by atoms with Gasteiger partial charge >= 0.3 is 5.97 Å². The Morgan fingerprint density at radius 2 is 1.74 bits per heavy atom. The molecule has 212 valence electrons. The molecule has 2 aromatic carbocycles. The molecular formula is C29H39N3O6S. The van der Waals surface area contributed by atoms with Crippen LogP contribution < -0.4 is 10.0 Å². The van der Waals surface area contributed by atoms with E-state index in [2.05, 4.69) is 23.9 Å². The summed E-state index contributed by atoms with van der Waals surface area (Å²) < 4.78 is 32.3. The van der Waals surface area contributed by atoms with Gasteiger partial charge in [-0.05, 0) is 61.7 Å². The van der Waals surface area contributed by atoms with Crippen LogP contribution in [0.3, 0.4) is 0 Å². The molecule has 10 heteroatoms. The monoisotopic (exact) mass is 557 g/mol. The number of aryl methyl sites for hydroxylation is 1. The van der Waals surface area contributed by atoms with E-state index < -0.39 is 16.0 Å². The minimum atomic E-state index is -3.40. The van der Waals surface area contributed by atoms with Gasteiger partial charge in [-0.15, -0.1) is 0 Å². The third-order valence-electron chi connectivity index (χ3n) is 6.85. The zero-order valence-corrected chi connectivity index (χ0v) is 24.1. The number of carboxylic acid groups (broad SMARTS) is 1. The molecular weight excluding hydrogens is 518 g/mol. The summed E-state index contributed by atoms with van der Waals surface area (Å²) >= 11 is 0. The van der Waals surface area contributed by atoms with E-state index in [1.54, 1.807) is 37.4 Å². The maximum absolute atomic E-state index is 12.7. The molecule has 2 unspecified atom stereocenters. The van der Waals surface area contributed by atoms with Crippen LogP contribution in [0.4, 0.5) is 11.4 Å². The number of hydrogen-bond donors (Lipinski definition) is 3. The first kappa shape index (κ1) is 30.0. The van der Waals surface area contributed by atoms with Gasteiger partial charge in [0, 0.05) is 41.5 Å². The van der Waals surface area contributed by atoms with Crippen molar-refractivity contribution in [3.63, 3.8) is 0 Å². The summed E-state index contributed by atoms with van der Waals surface area (Å²) in [5.74, 6) is -0.164. The van der Waals surface area contributed by atoms with Crippen molar-refractivity contribution in [3.05, 3.63) is 59.4 Å². The lowest BCUT2D eigenvalue weighted by Crippen LogP contribution is -2.29. The molecule has 0 spiro atoms. The number of aliphatic carboxylic acids is 1. The van der Waals surface area contributed by atoms with Crippen molar-refractivity contribution in [1.82, 2.24) is 4.90 Å². The van der Waals surface area contributed by atoms with Gasteiger partial charge in [0.1, 0.15) is 11.3 Å². The van der Waals surface area contributed by atoms with Crippen LogP contribution in [0.25, 0.3) is 11.0 Å². The Labute approximate surface area is 230 Å². The average Bonchev–Trinajstić information content (AvgIpc) is 3.20. The minimum Gasteiger partial charge on any atom is -0.481 e. The van der Waals surface area contributed by atoms with Crippen LogP contribution in [0.15, 0.2) is 46.9 Å². The summed E-state index contributed by atoms with van der Waals surface area (Å²) in [6.07, 6.45) is 5.36. The molecule has 1 aromatic heterocycles. The predicted octanol–water partition coefficient (Wildman–Crippen LogP) is 6.03. The van der Waals surface area contributed by atoms with Gasteiger partial charge in [-0.25, -0.2) is 8.42 Å². The number of carbonyl (C=O) groups excluding carboxylic acids is 1. The third kappa shape index (κ3) is 8.23. The highest BCUT2D eigenvalue weighted by Crippen LogP contribution is 2.38. The Kier molecular flexibility index (Phi) is 10.0. The van der Waals surface area contributed by atoms with Crippen LogP contribution in [0.5, 0.6) is 0 Å². The first-order chi connectivity index (χ1) is 18.4. The number of sulfonamides is 1. The summed E-state index contributed by atoms with van der Waals surface area (Å²) in [5, 5.41) is 13.3. The Morgan fingerprint density at radius 1 is 1.08 bits per heavy atom. The molecule has 0 aliphatic heterocycles. The fraction of sp³-hybridized carbons (Fsp3) is 0.448. The van der Waals surface area contributed by atoms with E-state index >= 15 is 0 Å². The van der Waals surface area contributed by atoms with Gasteiger partial charge < -0.3 is 19.7 Å². The van der Waals surface area contributed by atoms with Crippen molar-refractivity contribution in [1.29, 1.82) is 0 Å². The van der Waals surface area contributed by atoms with Crippen LogP contribution >= 0.6 is 0 Å². The second-order valence-electron chi connectivity index (χ2n) is 10.2. The number of unbranched alkanes of at least 4 members (excludes halogenated alkanes) is 2. The van der Waals surface area contributed by atoms with Crippen LogP contribution in [-0.4, -0.2) is 50.1 Å². The highest BCUT2D eigenvalue weighted by atomic mass is 32.2. The topological polar surface area (TPSA) is 129 Å². The second kappa shape index (κ2) is 13.0. The zero-order chi connectivity index (χ0) is 28.7.